The van der Waals surface area contributed by atoms with Crippen molar-refractivity contribution in [2.24, 2.45) is 5.92 Å². The van der Waals surface area contributed by atoms with E-state index in [-0.39, 0.29) is 0 Å². The van der Waals surface area contributed by atoms with E-state index in [1.54, 1.807) is 0 Å². The molecule has 0 saturated carbocycles. The van der Waals surface area contributed by atoms with Crippen LogP contribution in [-0.2, 0) is 6.42 Å². The van der Waals surface area contributed by atoms with Gasteiger partial charge in [0.25, 0.3) is 0 Å². The lowest BCUT2D eigenvalue weighted by atomic mass is 9.88. The van der Waals surface area contributed by atoms with Gasteiger partial charge in [-0.2, -0.15) is 0 Å². The van der Waals surface area contributed by atoms with Gasteiger partial charge in [0, 0.05) is 6.04 Å². The zero-order valence-corrected chi connectivity index (χ0v) is 13.6. The topological polar surface area (TPSA) is 12.0 Å². The summed E-state index contributed by atoms with van der Waals surface area (Å²) in [6.45, 7) is 6.80. The molecule has 0 bridgehead atoms. The number of rotatable bonds is 6. The molecular formula is C20H27N. The first-order chi connectivity index (χ1) is 10.1. The van der Waals surface area contributed by atoms with Crippen LogP contribution in [0.5, 0.6) is 0 Å². The van der Waals surface area contributed by atoms with Crippen LogP contribution < -0.4 is 5.32 Å². The zero-order chi connectivity index (χ0) is 15.2. The molecule has 0 spiro atoms. The van der Waals surface area contributed by atoms with E-state index in [0.717, 1.165) is 6.42 Å². The number of hydrogen-bond donors (Lipinski definition) is 1. The fourth-order valence-electron chi connectivity index (χ4n) is 2.97. The summed E-state index contributed by atoms with van der Waals surface area (Å²) in [6.07, 6.45) is 1.10. The molecule has 21 heavy (non-hydrogen) atoms. The van der Waals surface area contributed by atoms with E-state index in [4.69, 9.17) is 0 Å². The molecule has 2 atom stereocenters. The van der Waals surface area contributed by atoms with E-state index in [2.05, 4.69) is 87.7 Å². The number of benzene rings is 2. The van der Waals surface area contributed by atoms with Crippen LogP contribution in [0.4, 0.5) is 0 Å². The maximum atomic E-state index is 3.47. The summed E-state index contributed by atoms with van der Waals surface area (Å²) in [5.41, 5.74) is 4.20. The van der Waals surface area contributed by atoms with Crippen molar-refractivity contribution in [3.05, 3.63) is 71.3 Å². The van der Waals surface area contributed by atoms with Crippen molar-refractivity contribution in [1.29, 1.82) is 0 Å². The molecule has 0 radical (unpaired) electrons. The lowest BCUT2D eigenvalue weighted by Crippen LogP contribution is -2.24. The first-order valence-corrected chi connectivity index (χ1v) is 7.93. The fraction of sp³-hybridized carbons (Fsp3) is 0.400. The standard InChI is InChI=1S/C20H27N/c1-15(2)18-12-10-17(11-13-18)14-16(3)20(21-4)19-8-6-5-7-9-19/h5-13,15-16,20-21H,14H2,1-4H3. The highest BCUT2D eigenvalue weighted by Crippen LogP contribution is 2.25. The molecular weight excluding hydrogens is 254 g/mol. The average Bonchev–Trinajstić information content (AvgIpc) is 2.49. The summed E-state index contributed by atoms with van der Waals surface area (Å²) in [4.78, 5) is 0. The van der Waals surface area contributed by atoms with Crippen LogP contribution in [0.2, 0.25) is 0 Å². The van der Waals surface area contributed by atoms with Gasteiger partial charge in [-0.3, -0.25) is 0 Å². The van der Waals surface area contributed by atoms with Gasteiger partial charge >= 0.3 is 0 Å². The van der Waals surface area contributed by atoms with Crippen LogP contribution in [-0.4, -0.2) is 7.05 Å². The molecule has 2 rings (SSSR count). The highest BCUT2D eigenvalue weighted by molar-refractivity contribution is 5.26. The van der Waals surface area contributed by atoms with Crippen LogP contribution in [0.3, 0.4) is 0 Å². The van der Waals surface area contributed by atoms with Crippen LogP contribution in [0.15, 0.2) is 54.6 Å². The summed E-state index contributed by atoms with van der Waals surface area (Å²) in [5.74, 6) is 1.16. The Morgan fingerprint density at radius 1 is 0.810 bits per heavy atom. The second kappa shape index (κ2) is 7.42. The summed E-state index contributed by atoms with van der Waals surface area (Å²) in [5, 5.41) is 3.47. The lowest BCUT2D eigenvalue weighted by Gasteiger charge is -2.24. The van der Waals surface area contributed by atoms with Crippen molar-refractivity contribution in [2.75, 3.05) is 7.05 Å². The summed E-state index contributed by atoms with van der Waals surface area (Å²) in [7, 11) is 2.05. The molecule has 0 fully saturated rings. The molecule has 0 heterocycles. The molecule has 0 aliphatic heterocycles. The molecule has 2 aromatic rings. The Balaban J connectivity index is 2.07. The zero-order valence-electron chi connectivity index (χ0n) is 13.6. The molecule has 1 heteroatoms. The van der Waals surface area contributed by atoms with E-state index < -0.39 is 0 Å². The third-order valence-electron chi connectivity index (χ3n) is 4.24. The van der Waals surface area contributed by atoms with Crippen molar-refractivity contribution >= 4 is 0 Å². The van der Waals surface area contributed by atoms with E-state index in [9.17, 15) is 0 Å². The normalized spacial score (nSPS) is 14.1. The van der Waals surface area contributed by atoms with Gasteiger partial charge < -0.3 is 5.32 Å². The third-order valence-corrected chi connectivity index (χ3v) is 4.24. The Kier molecular flexibility index (Phi) is 5.58. The molecule has 2 unspecified atom stereocenters. The minimum Gasteiger partial charge on any atom is -0.313 e. The second-order valence-corrected chi connectivity index (χ2v) is 6.25. The molecule has 1 N–H and O–H groups in total. The van der Waals surface area contributed by atoms with Gasteiger partial charge in [0.1, 0.15) is 0 Å². The van der Waals surface area contributed by atoms with Crippen LogP contribution in [0, 0.1) is 5.92 Å². The van der Waals surface area contributed by atoms with Gasteiger partial charge in [0.05, 0.1) is 0 Å². The maximum Gasteiger partial charge on any atom is 0.0346 e. The Hall–Kier alpha value is -1.60. The first kappa shape index (κ1) is 15.8. The molecule has 0 amide bonds. The van der Waals surface area contributed by atoms with E-state index >= 15 is 0 Å². The van der Waals surface area contributed by atoms with Crippen molar-refractivity contribution in [3.63, 3.8) is 0 Å². The van der Waals surface area contributed by atoms with Gasteiger partial charge in [0.2, 0.25) is 0 Å². The van der Waals surface area contributed by atoms with E-state index in [0.29, 0.717) is 17.9 Å². The molecule has 2 aromatic carbocycles. The average molecular weight is 281 g/mol. The van der Waals surface area contributed by atoms with Crippen molar-refractivity contribution in [3.8, 4) is 0 Å². The van der Waals surface area contributed by atoms with Gasteiger partial charge in [-0.05, 0) is 42.0 Å². The van der Waals surface area contributed by atoms with E-state index in [1.807, 2.05) is 0 Å². The Morgan fingerprint density at radius 2 is 1.43 bits per heavy atom. The van der Waals surface area contributed by atoms with Crippen LogP contribution >= 0.6 is 0 Å². The van der Waals surface area contributed by atoms with Gasteiger partial charge in [-0.15, -0.1) is 0 Å². The van der Waals surface area contributed by atoms with Crippen molar-refractivity contribution in [2.45, 2.75) is 39.2 Å². The Labute approximate surface area is 129 Å². The molecule has 0 saturated heterocycles. The highest BCUT2D eigenvalue weighted by atomic mass is 14.9. The van der Waals surface area contributed by atoms with Gasteiger partial charge in [0.15, 0.2) is 0 Å². The van der Waals surface area contributed by atoms with Gasteiger partial charge in [-0.25, -0.2) is 0 Å². The highest BCUT2D eigenvalue weighted by Gasteiger charge is 2.17. The quantitative estimate of drug-likeness (QED) is 0.790. The molecule has 0 aromatic heterocycles. The molecule has 0 aliphatic rings. The fourth-order valence-corrected chi connectivity index (χ4v) is 2.97. The largest absolute Gasteiger partial charge is 0.313 e. The van der Waals surface area contributed by atoms with Crippen molar-refractivity contribution in [1.82, 2.24) is 5.32 Å². The summed E-state index contributed by atoms with van der Waals surface area (Å²) >= 11 is 0. The van der Waals surface area contributed by atoms with E-state index in [1.165, 1.54) is 16.7 Å². The second-order valence-electron chi connectivity index (χ2n) is 6.25. The summed E-state index contributed by atoms with van der Waals surface area (Å²) in [6, 6.07) is 20.2. The smallest absolute Gasteiger partial charge is 0.0346 e. The predicted octanol–water partition coefficient (Wildman–Crippen LogP) is 4.95. The minimum atomic E-state index is 0.399. The third kappa shape index (κ3) is 4.18. The predicted molar refractivity (Wildman–Crippen MR) is 91.6 cm³/mol. The Bertz CT molecular complexity index is 528. The van der Waals surface area contributed by atoms with Gasteiger partial charge in [-0.1, -0.05) is 75.4 Å². The first-order valence-electron chi connectivity index (χ1n) is 7.93. The minimum absolute atomic E-state index is 0.399. The van der Waals surface area contributed by atoms with Crippen LogP contribution in [0.1, 0.15) is 49.4 Å². The SMILES string of the molecule is CNC(c1ccccc1)C(C)Cc1ccc(C(C)C)cc1. The monoisotopic (exact) mass is 281 g/mol. The van der Waals surface area contributed by atoms with Crippen molar-refractivity contribution < 1.29 is 0 Å². The molecule has 1 nitrogen and oxygen atoms in total. The number of nitrogens with one attached hydrogen (secondary N) is 1. The number of hydrogen-bond acceptors (Lipinski definition) is 1. The molecule has 112 valence electrons. The lowest BCUT2D eigenvalue weighted by molar-refractivity contribution is 0.409. The van der Waals surface area contributed by atoms with Crippen LogP contribution in [0.25, 0.3) is 0 Å². The molecule has 0 aliphatic carbocycles. The summed E-state index contributed by atoms with van der Waals surface area (Å²) < 4.78 is 0. The Morgan fingerprint density at radius 3 is 1.95 bits per heavy atom. The maximum absolute atomic E-state index is 3.47.